The number of carboxylic acid groups (broad SMARTS) is 1. The maximum atomic E-state index is 10.9. The van der Waals surface area contributed by atoms with Crippen LogP contribution in [-0.4, -0.2) is 22.6 Å². The van der Waals surface area contributed by atoms with Crippen molar-refractivity contribution in [1.29, 1.82) is 5.26 Å². The fourth-order valence-electron chi connectivity index (χ4n) is 1.51. The Balaban J connectivity index is 2.06. The topological polar surface area (TPSA) is 86.0 Å². The summed E-state index contributed by atoms with van der Waals surface area (Å²) >= 11 is 0. The predicted molar refractivity (Wildman–Crippen MR) is 56.7 cm³/mol. The number of aliphatic carboxylic acids is 1. The summed E-state index contributed by atoms with van der Waals surface area (Å²) in [7, 11) is 0. The maximum absolute atomic E-state index is 10.9. The Bertz CT molecular complexity index is 461. The molecule has 0 unspecified atom stereocenters. The molecule has 1 saturated carbocycles. The van der Waals surface area contributed by atoms with Gasteiger partial charge in [-0.15, -0.1) is 0 Å². The van der Waals surface area contributed by atoms with E-state index >= 15 is 0 Å². The standard InChI is InChI=1S/C11H11N3O2/c12-5-8-1-4-13-6-9(8)14-7-11(2-3-11)10(15)16/h1,4,6,14H,2-3,7H2,(H,15,16). The molecule has 0 spiro atoms. The lowest BCUT2D eigenvalue weighted by molar-refractivity contribution is -0.142. The number of hydrogen-bond donors (Lipinski definition) is 2. The number of carboxylic acids is 1. The number of hydrogen-bond acceptors (Lipinski definition) is 4. The highest BCUT2D eigenvalue weighted by Gasteiger charge is 2.50. The molecule has 1 aromatic heterocycles. The van der Waals surface area contributed by atoms with E-state index in [0.717, 1.165) is 0 Å². The number of aromatic nitrogens is 1. The summed E-state index contributed by atoms with van der Waals surface area (Å²) < 4.78 is 0. The summed E-state index contributed by atoms with van der Waals surface area (Å²) in [4.78, 5) is 14.8. The van der Waals surface area contributed by atoms with Crippen LogP contribution in [0.3, 0.4) is 0 Å². The minimum Gasteiger partial charge on any atom is -0.481 e. The third kappa shape index (κ3) is 1.82. The van der Waals surface area contributed by atoms with Crippen LogP contribution >= 0.6 is 0 Å². The van der Waals surface area contributed by atoms with Crippen molar-refractivity contribution in [3.8, 4) is 6.07 Å². The van der Waals surface area contributed by atoms with Gasteiger partial charge in [-0.25, -0.2) is 0 Å². The summed E-state index contributed by atoms with van der Waals surface area (Å²) in [6.45, 7) is 0.350. The molecule has 1 aliphatic rings. The Kier molecular flexibility index (Phi) is 2.49. The lowest BCUT2D eigenvalue weighted by Gasteiger charge is -2.12. The van der Waals surface area contributed by atoms with E-state index in [1.54, 1.807) is 6.07 Å². The first kappa shape index (κ1) is 10.4. The molecule has 1 aliphatic carbocycles. The van der Waals surface area contributed by atoms with Crippen molar-refractivity contribution < 1.29 is 9.90 Å². The van der Waals surface area contributed by atoms with Gasteiger partial charge in [0.25, 0.3) is 0 Å². The number of nitriles is 1. The maximum Gasteiger partial charge on any atom is 0.311 e. The van der Waals surface area contributed by atoms with E-state index in [2.05, 4.69) is 10.3 Å². The second kappa shape index (κ2) is 3.81. The van der Waals surface area contributed by atoms with E-state index in [1.807, 2.05) is 6.07 Å². The largest absolute Gasteiger partial charge is 0.481 e. The van der Waals surface area contributed by atoms with E-state index in [4.69, 9.17) is 10.4 Å². The van der Waals surface area contributed by atoms with Crippen LogP contribution in [0.15, 0.2) is 18.5 Å². The van der Waals surface area contributed by atoms with E-state index in [1.165, 1.54) is 12.4 Å². The van der Waals surface area contributed by atoms with Crippen LogP contribution in [-0.2, 0) is 4.79 Å². The number of anilines is 1. The number of pyridine rings is 1. The predicted octanol–water partition coefficient (Wildman–Crippen LogP) is 1.23. The van der Waals surface area contributed by atoms with Crippen molar-refractivity contribution in [2.45, 2.75) is 12.8 Å². The number of carbonyl (C=O) groups is 1. The summed E-state index contributed by atoms with van der Waals surface area (Å²) in [6.07, 6.45) is 4.46. The van der Waals surface area contributed by atoms with E-state index in [9.17, 15) is 4.79 Å². The zero-order valence-electron chi connectivity index (χ0n) is 8.60. The van der Waals surface area contributed by atoms with Crippen LogP contribution in [0, 0.1) is 16.7 Å². The van der Waals surface area contributed by atoms with Gasteiger partial charge in [0.05, 0.1) is 22.9 Å². The van der Waals surface area contributed by atoms with Gasteiger partial charge >= 0.3 is 5.97 Å². The molecule has 0 aliphatic heterocycles. The molecule has 0 bridgehead atoms. The van der Waals surface area contributed by atoms with Crippen molar-refractivity contribution in [2.24, 2.45) is 5.41 Å². The van der Waals surface area contributed by atoms with Crippen LogP contribution in [0.2, 0.25) is 0 Å². The molecule has 5 nitrogen and oxygen atoms in total. The molecule has 2 N–H and O–H groups in total. The molecule has 0 aromatic carbocycles. The lowest BCUT2D eigenvalue weighted by atomic mass is 10.1. The second-order valence-corrected chi connectivity index (χ2v) is 3.97. The third-order valence-corrected chi connectivity index (χ3v) is 2.87. The Morgan fingerprint density at radius 1 is 1.69 bits per heavy atom. The molecule has 0 radical (unpaired) electrons. The average Bonchev–Trinajstić information content (AvgIpc) is 3.08. The highest BCUT2D eigenvalue weighted by molar-refractivity contribution is 5.78. The zero-order chi connectivity index (χ0) is 11.6. The summed E-state index contributed by atoms with van der Waals surface area (Å²) in [5.41, 5.74) is 0.441. The number of nitrogens with one attached hydrogen (secondary N) is 1. The van der Waals surface area contributed by atoms with Crippen LogP contribution in [0.25, 0.3) is 0 Å². The Labute approximate surface area is 92.7 Å². The molecular weight excluding hydrogens is 206 g/mol. The van der Waals surface area contributed by atoms with Gasteiger partial charge in [0.2, 0.25) is 0 Å². The minimum atomic E-state index is -0.776. The third-order valence-electron chi connectivity index (χ3n) is 2.87. The molecule has 1 heterocycles. The highest BCUT2D eigenvalue weighted by Crippen LogP contribution is 2.45. The van der Waals surface area contributed by atoms with Crippen LogP contribution < -0.4 is 5.32 Å². The van der Waals surface area contributed by atoms with Gasteiger partial charge in [-0.3, -0.25) is 9.78 Å². The Morgan fingerprint density at radius 3 is 3.00 bits per heavy atom. The smallest absolute Gasteiger partial charge is 0.311 e. The van der Waals surface area contributed by atoms with Crippen LogP contribution in [0.5, 0.6) is 0 Å². The molecule has 2 rings (SSSR count). The molecule has 5 heteroatoms. The SMILES string of the molecule is N#Cc1ccncc1NCC1(C(=O)O)CC1. The normalized spacial score (nSPS) is 16.2. The Morgan fingerprint density at radius 2 is 2.44 bits per heavy atom. The summed E-state index contributed by atoms with van der Waals surface area (Å²) in [5, 5.41) is 20.8. The molecule has 0 amide bonds. The quantitative estimate of drug-likeness (QED) is 0.792. The van der Waals surface area contributed by atoms with Gasteiger partial charge in [-0.1, -0.05) is 0 Å². The first-order chi connectivity index (χ1) is 7.68. The number of rotatable bonds is 4. The highest BCUT2D eigenvalue weighted by atomic mass is 16.4. The van der Waals surface area contributed by atoms with Gasteiger partial charge in [0.15, 0.2) is 0 Å². The molecule has 1 fully saturated rings. The molecule has 0 saturated heterocycles. The van der Waals surface area contributed by atoms with Crippen molar-refractivity contribution in [3.63, 3.8) is 0 Å². The van der Waals surface area contributed by atoms with Gasteiger partial charge in [0.1, 0.15) is 6.07 Å². The Hall–Kier alpha value is -2.09. The van der Waals surface area contributed by atoms with E-state index < -0.39 is 11.4 Å². The van der Waals surface area contributed by atoms with Gasteiger partial charge in [-0.05, 0) is 18.9 Å². The fraction of sp³-hybridized carbons (Fsp3) is 0.364. The van der Waals surface area contributed by atoms with Crippen molar-refractivity contribution >= 4 is 11.7 Å². The monoisotopic (exact) mass is 217 g/mol. The van der Waals surface area contributed by atoms with Gasteiger partial charge in [0, 0.05) is 12.7 Å². The fourth-order valence-corrected chi connectivity index (χ4v) is 1.51. The lowest BCUT2D eigenvalue weighted by Crippen LogP contribution is -2.24. The van der Waals surface area contributed by atoms with Gasteiger partial charge < -0.3 is 10.4 Å². The summed E-state index contributed by atoms with van der Waals surface area (Å²) in [6, 6.07) is 3.63. The minimum absolute atomic E-state index is 0.350. The van der Waals surface area contributed by atoms with Crippen molar-refractivity contribution in [1.82, 2.24) is 4.98 Å². The van der Waals surface area contributed by atoms with Gasteiger partial charge in [-0.2, -0.15) is 5.26 Å². The molecule has 0 atom stereocenters. The summed E-state index contributed by atoms with van der Waals surface area (Å²) in [5.74, 6) is -0.776. The average molecular weight is 217 g/mol. The molecular formula is C11H11N3O2. The van der Waals surface area contributed by atoms with Crippen LogP contribution in [0.1, 0.15) is 18.4 Å². The first-order valence-electron chi connectivity index (χ1n) is 4.99. The molecule has 82 valence electrons. The molecule has 16 heavy (non-hydrogen) atoms. The van der Waals surface area contributed by atoms with Crippen LogP contribution in [0.4, 0.5) is 5.69 Å². The van der Waals surface area contributed by atoms with Crippen molar-refractivity contribution in [2.75, 3.05) is 11.9 Å². The first-order valence-corrected chi connectivity index (χ1v) is 4.99. The molecule has 1 aromatic rings. The van der Waals surface area contributed by atoms with Crippen molar-refractivity contribution in [3.05, 3.63) is 24.0 Å². The zero-order valence-corrected chi connectivity index (χ0v) is 8.60. The van der Waals surface area contributed by atoms with E-state index in [0.29, 0.717) is 30.6 Å². The number of nitrogens with zero attached hydrogens (tertiary/aromatic N) is 2. The second-order valence-electron chi connectivity index (χ2n) is 3.97. The van der Waals surface area contributed by atoms with E-state index in [-0.39, 0.29) is 0 Å².